The van der Waals surface area contributed by atoms with E-state index in [0.717, 1.165) is 35.3 Å². The van der Waals surface area contributed by atoms with Crippen molar-refractivity contribution in [3.8, 4) is 0 Å². The van der Waals surface area contributed by atoms with E-state index in [1.165, 1.54) is 24.9 Å². The van der Waals surface area contributed by atoms with E-state index in [1.54, 1.807) is 0 Å². The minimum Gasteiger partial charge on any atom is -0.372 e. The molecule has 0 aromatic heterocycles. The summed E-state index contributed by atoms with van der Waals surface area (Å²) in [4.78, 5) is 2.43. The van der Waals surface area contributed by atoms with Crippen LogP contribution in [0.2, 0.25) is 0 Å². The standard InChI is InChI=1S/C22H30N2O2S/c1-18-6-7-19(2)21(16-18)17-27(25,26)23-13-12-20-8-10-22(11-9-20)24-14-4-3-5-15-24/h6-11,16,23H,3-5,12-15,17H2,1-2H3. The first-order valence-corrected chi connectivity index (χ1v) is 11.5. The normalized spacial score (nSPS) is 15.1. The van der Waals surface area contributed by atoms with Gasteiger partial charge in [-0.25, -0.2) is 13.1 Å². The van der Waals surface area contributed by atoms with Gasteiger partial charge in [0.05, 0.1) is 5.75 Å². The van der Waals surface area contributed by atoms with Crippen molar-refractivity contribution in [1.82, 2.24) is 4.72 Å². The number of hydrogen-bond acceptors (Lipinski definition) is 3. The molecule has 0 atom stereocenters. The van der Waals surface area contributed by atoms with Crippen LogP contribution in [-0.4, -0.2) is 28.1 Å². The Bertz CT molecular complexity index is 854. The molecule has 4 nitrogen and oxygen atoms in total. The van der Waals surface area contributed by atoms with Crippen molar-refractivity contribution in [2.24, 2.45) is 0 Å². The maximum Gasteiger partial charge on any atom is 0.215 e. The monoisotopic (exact) mass is 386 g/mol. The zero-order chi connectivity index (χ0) is 19.3. The molecule has 0 unspecified atom stereocenters. The van der Waals surface area contributed by atoms with Crippen LogP contribution in [0, 0.1) is 13.8 Å². The third-order valence-electron chi connectivity index (χ3n) is 5.24. The van der Waals surface area contributed by atoms with Crippen LogP contribution < -0.4 is 9.62 Å². The Morgan fingerprint density at radius 1 is 0.963 bits per heavy atom. The van der Waals surface area contributed by atoms with Crippen LogP contribution in [0.25, 0.3) is 0 Å². The van der Waals surface area contributed by atoms with E-state index in [0.29, 0.717) is 13.0 Å². The lowest BCUT2D eigenvalue weighted by molar-refractivity contribution is 0.577. The Morgan fingerprint density at radius 3 is 2.37 bits per heavy atom. The molecule has 5 heteroatoms. The summed E-state index contributed by atoms with van der Waals surface area (Å²) in [7, 11) is -3.33. The van der Waals surface area contributed by atoms with Crippen molar-refractivity contribution >= 4 is 15.7 Å². The van der Waals surface area contributed by atoms with Gasteiger partial charge in [0.2, 0.25) is 10.0 Å². The minimum absolute atomic E-state index is 0.0361. The Labute approximate surface area is 163 Å². The van der Waals surface area contributed by atoms with Crippen molar-refractivity contribution in [3.05, 3.63) is 64.7 Å². The molecule has 3 rings (SSSR count). The van der Waals surface area contributed by atoms with Gasteiger partial charge in [-0.1, -0.05) is 35.9 Å². The Balaban J connectivity index is 1.51. The van der Waals surface area contributed by atoms with Crippen molar-refractivity contribution in [1.29, 1.82) is 0 Å². The highest BCUT2D eigenvalue weighted by Crippen LogP contribution is 2.20. The molecule has 0 amide bonds. The molecule has 0 aliphatic carbocycles. The summed E-state index contributed by atoms with van der Waals surface area (Å²) in [5, 5.41) is 0. The number of hydrogen-bond donors (Lipinski definition) is 1. The topological polar surface area (TPSA) is 49.4 Å². The minimum atomic E-state index is -3.33. The first-order valence-electron chi connectivity index (χ1n) is 9.80. The molecule has 27 heavy (non-hydrogen) atoms. The zero-order valence-corrected chi connectivity index (χ0v) is 17.2. The number of benzene rings is 2. The molecule has 0 saturated carbocycles. The lowest BCUT2D eigenvalue weighted by Crippen LogP contribution is -2.29. The number of piperidine rings is 1. The number of aryl methyl sites for hydroxylation is 2. The number of nitrogens with one attached hydrogen (secondary N) is 1. The average molecular weight is 387 g/mol. The van der Waals surface area contributed by atoms with Crippen LogP contribution >= 0.6 is 0 Å². The van der Waals surface area contributed by atoms with Crippen LogP contribution in [0.15, 0.2) is 42.5 Å². The molecule has 1 saturated heterocycles. The van der Waals surface area contributed by atoms with Gasteiger partial charge in [0.1, 0.15) is 0 Å². The molecule has 2 aromatic rings. The molecule has 0 spiro atoms. The quantitative estimate of drug-likeness (QED) is 0.784. The lowest BCUT2D eigenvalue weighted by atomic mass is 10.1. The largest absolute Gasteiger partial charge is 0.372 e. The summed E-state index contributed by atoms with van der Waals surface area (Å²) in [5.41, 5.74) is 5.39. The highest BCUT2D eigenvalue weighted by molar-refractivity contribution is 7.88. The summed E-state index contributed by atoms with van der Waals surface area (Å²) in [6, 6.07) is 14.5. The number of anilines is 1. The Hall–Kier alpha value is -1.85. The average Bonchev–Trinajstić information content (AvgIpc) is 2.66. The molecular weight excluding hydrogens is 356 g/mol. The van der Waals surface area contributed by atoms with Crippen LogP contribution in [0.5, 0.6) is 0 Å². The molecule has 0 bridgehead atoms. The molecule has 0 radical (unpaired) electrons. The third kappa shape index (κ3) is 5.81. The lowest BCUT2D eigenvalue weighted by Gasteiger charge is -2.28. The highest BCUT2D eigenvalue weighted by atomic mass is 32.2. The fourth-order valence-electron chi connectivity index (χ4n) is 3.59. The second-order valence-corrected chi connectivity index (χ2v) is 9.35. The van der Waals surface area contributed by atoms with E-state index in [2.05, 4.69) is 33.9 Å². The molecular formula is C22H30N2O2S. The van der Waals surface area contributed by atoms with E-state index >= 15 is 0 Å². The molecule has 1 heterocycles. The van der Waals surface area contributed by atoms with Crippen molar-refractivity contribution in [2.75, 3.05) is 24.5 Å². The van der Waals surface area contributed by atoms with Gasteiger partial charge in [0.15, 0.2) is 0 Å². The predicted molar refractivity (Wildman–Crippen MR) is 113 cm³/mol. The van der Waals surface area contributed by atoms with E-state index < -0.39 is 10.0 Å². The Kier molecular flexibility index (Phi) is 6.55. The van der Waals surface area contributed by atoms with Gasteiger partial charge in [-0.05, 0) is 68.4 Å². The van der Waals surface area contributed by atoms with E-state index in [1.807, 2.05) is 32.0 Å². The van der Waals surface area contributed by atoms with Crippen molar-refractivity contribution < 1.29 is 8.42 Å². The molecule has 1 fully saturated rings. The summed E-state index contributed by atoms with van der Waals surface area (Å²) in [5.74, 6) is 0.0361. The van der Waals surface area contributed by atoms with Crippen molar-refractivity contribution in [2.45, 2.75) is 45.3 Å². The fourth-order valence-corrected chi connectivity index (χ4v) is 4.82. The summed E-state index contributed by atoms with van der Waals surface area (Å²) in [6.45, 7) is 6.63. The SMILES string of the molecule is Cc1ccc(C)c(CS(=O)(=O)NCCc2ccc(N3CCCCC3)cc2)c1. The summed E-state index contributed by atoms with van der Waals surface area (Å²) < 4.78 is 27.5. The van der Waals surface area contributed by atoms with Crippen LogP contribution in [0.4, 0.5) is 5.69 Å². The van der Waals surface area contributed by atoms with Crippen LogP contribution in [-0.2, 0) is 22.2 Å². The van der Waals surface area contributed by atoms with Gasteiger partial charge < -0.3 is 4.90 Å². The van der Waals surface area contributed by atoms with Gasteiger partial charge in [-0.3, -0.25) is 0 Å². The maximum absolute atomic E-state index is 12.4. The second-order valence-electron chi connectivity index (χ2n) is 7.55. The van der Waals surface area contributed by atoms with Gasteiger partial charge >= 0.3 is 0 Å². The Morgan fingerprint density at radius 2 is 1.67 bits per heavy atom. The maximum atomic E-state index is 12.4. The number of rotatable bonds is 7. The van der Waals surface area contributed by atoms with E-state index in [4.69, 9.17) is 0 Å². The molecule has 2 aromatic carbocycles. The van der Waals surface area contributed by atoms with Crippen LogP contribution in [0.1, 0.15) is 41.5 Å². The predicted octanol–water partition coefficient (Wildman–Crippen LogP) is 3.96. The fraction of sp³-hybridized carbons (Fsp3) is 0.455. The van der Waals surface area contributed by atoms with Gasteiger partial charge in [0, 0.05) is 25.3 Å². The molecule has 146 valence electrons. The van der Waals surface area contributed by atoms with E-state index in [9.17, 15) is 8.42 Å². The second kappa shape index (κ2) is 8.89. The molecule has 1 aliphatic heterocycles. The first kappa shape index (κ1) is 19.9. The third-order valence-corrected chi connectivity index (χ3v) is 6.58. The number of nitrogens with zero attached hydrogens (tertiary/aromatic N) is 1. The highest BCUT2D eigenvalue weighted by Gasteiger charge is 2.13. The zero-order valence-electron chi connectivity index (χ0n) is 16.4. The van der Waals surface area contributed by atoms with Gasteiger partial charge in [0.25, 0.3) is 0 Å². The van der Waals surface area contributed by atoms with Crippen molar-refractivity contribution in [3.63, 3.8) is 0 Å². The van der Waals surface area contributed by atoms with Gasteiger partial charge in [-0.15, -0.1) is 0 Å². The summed E-state index contributed by atoms with van der Waals surface area (Å²) in [6.07, 6.45) is 4.57. The van der Waals surface area contributed by atoms with Gasteiger partial charge in [-0.2, -0.15) is 0 Å². The smallest absolute Gasteiger partial charge is 0.215 e. The molecule has 1 N–H and O–H groups in total. The number of sulfonamides is 1. The summed E-state index contributed by atoms with van der Waals surface area (Å²) >= 11 is 0. The first-order chi connectivity index (χ1) is 12.9. The van der Waals surface area contributed by atoms with Crippen LogP contribution in [0.3, 0.4) is 0 Å². The van der Waals surface area contributed by atoms with E-state index in [-0.39, 0.29) is 5.75 Å². The molecule has 1 aliphatic rings.